The summed E-state index contributed by atoms with van der Waals surface area (Å²) in [5.41, 5.74) is 0.0460. The van der Waals surface area contributed by atoms with E-state index in [1.54, 1.807) is 0 Å². The Labute approximate surface area is 88.1 Å². The van der Waals surface area contributed by atoms with Crippen molar-refractivity contribution in [3.63, 3.8) is 0 Å². The first-order valence-corrected chi connectivity index (χ1v) is 5.91. The largest absolute Gasteiger partial charge is 0.394 e. The summed E-state index contributed by atoms with van der Waals surface area (Å²) in [6.45, 7) is 9.21. The molecule has 1 aliphatic carbocycles. The van der Waals surface area contributed by atoms with Gasteiger partial charge in [0.1, 0.15) is 0 Å². The Hall–Kier alpha value is -0.0800. The van der Waals surface area contributed by atoms with Crippen LogP contribution in [-0.2, 0) is 0 Å². The van der Waals surface area contributed by atoms with Crippen LogP contribution in [0.5, 0.6) is 0 Å². The van der Waals surface area contributed by atoms with Crippen LogP contribution in [0.2, 0.25) is 0 Å². The minimum Gasteiger partial charge on any atom is -0.394 e. The van der Waals surface area contributed by atoms with Gasteiger partial charge in [0.2, 0.25) is 0 Å². The molecule has 1 unspecified atom stereocenters. The molecule has 2 heteroatoms. The van der Waals surface area contributed by atoms with E-state index in [1.807, 2.05) is 0 Å². The average Bonchev–Trinajstić information content (AvgIpc) is 2.09. The van der Waals surface area contributed by atoms with Gasteiger partial charge in [-0.05, 0) is 38.0 Å². The quantitative estimate of drug-likeness (QED) is 0.711. The maximum absolute atomic E-state index is 9.42. The van der Waals surface area contributed by atoms with E-state index in [0.29, 0.717) is 12.6 Å². The van der Waals surface area contributed by atoms with Crippen molar-refractivity contribution in [2.45, 2.75) is 58.5 Å². The van der Waals surface area contributed by atoms with E-state index >= 15 is 0 Å². The minimum atomic E-state index is 0.0460. The van der Waals surface area contributed by atoms with Gasteiger partial charge in [-0.1, -0.05) is 20.8 Å². The predicted octanol–water partition coefficient (Wildman–Crippen LogP) is 2.17. The second kappa shape index (κ2) is 4.63. The van der Waals surface area contributed by atoms with Crippen molar-refractivity contribution in [3.05, 3.63) is 0 Å². The molecule has 2 nitrogen and oxygen atoms in total. The topological polar surface area (TPSA) is 32.3 Å². The van der Waals surface area contributed by atoms with Crippen LogP contribution in [0.3, 0.4) is 0 Å². The Bertz CT molecular complexity index is 173. The van der Waals surface area contributed by atoms with Crippen LogP contribution in [0.4, 0.5) is 0 Å². The monoisotopic (exact) mass is 199 g/mol. The van der Waals surface area contributed by atoms with Crippen LogP contribution in [0.15, 0.2) is 0 Å². The van der Waals surface area contributed by atoms with Crippen molar-refractivity contribution in [1.82, 2.24) is 5.32 Å². The smallest absolute Gasteiger partial charge is 0.0613 e. The molecule has 0 aromatic heterocycles. The van der Waals surface area contributed by atoms with E-state index in [2.05, 4.69) is 33.0 Å². The molecule has 1 rings (SSSR count). The highest BCUT2D eigenvalue weighted by Gasteiger charge is 2.44. The molecule has 2 N–H and O–H groups in total. The molecule has 0 amide bonds. The molecule has 84 valence electrons. The van der Waals surface area contributed by atoms with E-state index in [1.165, 1.54) is 0 Å². The number of aliphatic hydroxyl groups excluding tert-OH is 1. The van der Waals surface area contributed by atoms with Gasteiger partial charge >= 0.3 is 0 Å². The molecular formula is C12H25NO. The van der Waals surface area contributed by atoms with E-state index in [0.717, 1.165) is 31.1 Å². The molecule has 1 atom stereocenters. The zero-order chi connectivity index (χ0) is 10.8. The number of aliphatic hydroxyl groups is 1. The molecule has 1 aliphatic rings. The van der Waals surface area contributed by atoms with E-state index in [9.17, 15) is 5.11 Å². The zero-order valence-electron chi connectivity index (χ0n) is 10.0. The number of hydrogen-bond acceptors (Lipinski definition) is 2. The van der Waals surface area contributed by atoms with Gasteiger partial charge in [0, 0.05) is 11.6 Å². The summed E-state index contributed by atoms with van der Waals surface area (Å²) in [7, 11) is 0. The molecule has 0 aromatic carbocycles. The summed E-state index contributed by atoms with van der Waals surface area (Å²) in [4.78, 5) is 0. The number of nitrogens with one attached hydrogen (secondary N) is 1. The number of rotatable bonds is 5. The SMILES string of the molecule is CCC(C)NC1(CO)CC(C(C)C)C1. The van der Waals surface area contributed by atoms with Gasteiger partial charge in [0.05, 0.1) is 6.61 Å². The highest BCUT2D eigenvalue weighted by molar-refractivity contribution is 5.02. The highest BCUT2D eigenvalue weighted by atomic mass is 16.3. The summed E-state index contributed by atoms with van der Waals surface area (Å²) < 4.78 is 0. The van der Waals surface area contributed by atoms with Gasteiger partial charge in [-0.15, -0.1) is 0 Å². The Balaban J connectivity index is 2.40. The van der Waals surface area contributed by atoms with Crippen molar-refractivity contribution in [1.29, 1.82) is 0 Å². The first kappa shape index (κ1) is 12.0. The Morgan fingerprint density at radius 2 is 1.93 bits per heavy atom. The lowest BCUT2D eigenvalue weighted by molar-refractivity contribution is 0.0113. The third kappa shape index (κ3) is 2.48. The van der Waals surface area contributed by atoms with Crippen LogP contribution in [0.25, 0.3) is 0 Å². The van der Waals surface area contributed by atoms with Crippen LogP contribution in [0.1, 0.15) is 47.0 Å². The lowest BCUT2D eigenvalue weighted by Gasteiger charge is -2.50. The molecule has 1 saturated carbocycles. The molecule has 0 spiro atoms. The van der Waals surface area contributed by atoms with E-state index in [4.69, 9.17) is 0 Å². The zero-order valence-corrected chi connectivity index (χ0v) is 10.0. The van der Waals surface area contributed by atoms with Gasteiger partial charge in [-0.25, -0.2) is 0 Å². The maximum Gasteiger partial charge on any atom is 0.0613 e. The fourth-order valence-electron chi connectivity index (χ4n) is 2.33. The number of hydrogen-bond donors (Lipinski definition) is 2. The van der Waals surface area contributed by atoms with Crippen LogP contribution in [0, 0.1) is 11.8 Å². The van der Waals surface area contributed by atoms with E-state index in [-0.39, 0.29) is 5.54 Å². The Morgan fingerprint density at radius 3 is 2.29 bits per heavy atom. The van der Waals surface area contributed by atoms with Crippen molar-refractivity contribution < 1.29 is 5.11 Å². The highest BCUT2D eigenvalue weighted by Crippen LogP contribution is 2.42. The molecule has 0 bridgehead atoms. The third-order valence-electron chi connectivity index (χ3n) is 3.72. The van der Waals surface area contributed by atoms with Crippen molar-refractivity contribution in [3.8, 4) is 0 Å². The van der Waals surface area contributed by atoms with Gasteiger partial charge in [-0.3, -0.25) is 0 Å². The molecule has 0 saturated heterocycles. The van der Waals surface area contributed by atoms with Gasteiger partial charge < -0.3 is 10.4 Å². The van der Waals surface area contributed by atoms with Gasteiger partial charge in [-0.2, -0.15) is 0 Å². The Morgan fingerprint density at radius 1 is 1.36 bits per heavy atom. The second-order valence-corrected chi connectivity index (χ2v) is 5.30. The van der Waals surface area contributed by atoms with Crippen molar-refractivity contribution in [2.24, 2.45) is 11.8 Å². The fourth-order valence-corrected chi connectivity index (χ4v) is 2.33. The third-order valence-corrected chi connectivity index (χ3v) is 3.72. The van der Waals surface area contributed by atoms with Crippen LogP contribution < -0.4 is 5.32 Å². The predicted molar refractivity (Wildman–Crippen MR) is 60.3 cm³/mol. The Kier molecular flexibility index (Phi) is 3.96. The normalized spacial score (nSPS) is 34.3. The minimum absolute atomic E-state index is 0.0460. The maximum atomic E-state index is 9.42. The van der Waals surface area contributed by atoms with Crippen molar-refractivity contribution >= 4 is 0 Å². The standard InChI is InChI=1S/C12H25NO/c1-5-10(4)13-12(8-14)6-11(7-12)9(2)3/h9-11,13-14H,5-8H2,1-4H3. The summed E-state index contributed by atoms with van der Waals surface area (Å²) >= 11 is 0. The summed E-state index contributed by atoms with van der Waals surface area (Å²) in [5, 5.41) is 13.0. The first-order valence-electron chi connectivity index (χ1n) is 5.91. The molecule has 14 heavy (non-hydrogen) atoms. The van der Waals surface area contributed by atoms with Gasteiger partial charge in [0.15, 0.2) is 0 Å². The second-order valence-electron chi connectivity index (χ2n) is 5.30. The summed E-state index contributed by atoms with van der Waals surface area (Å²) in [5.74, 6) is 1.56. The van der Waals surface area contributed by atoms with Gasteiger partial charge in [0.25, 0.3) is 0 Å². The molecule has 0 aliphatic heterocycles. The van der Waals surface area contributed by atoms with Crippen LogP contribution >= 0.6 is 0 Å². The fraction of sp³-hybridized carbons (Fsp3) is 1.00. The summed E-state index contributed by atoms with van der Waals surface area (Å²) in [6.07, 6.45) is 3.42. The van der Waals surface area contributed by atoms with Crippen LogP contribution in [-0.4, -0.2) is 23.3 Å². The lowest BCUT2D eigenvalue weighted by atomic mass is 9.64. The molecule has 0 radical (unpaired) electrons. The molecule has 0 aromatic rings. The molecule has 1 fully saturated rings. The van der Waals surface area contributed by atoms with Crippen molar-refractivity contribution in [2.75, 3.05) is 6.61 Å². The van der Waals surface area contributed by atoms with E-state index < -0.39 is 0 Å². The molecule has 0 heterocycles. The lowest BCUT2D eigenvalue weighted by Crippen LogP contribution is -2.61. The average molecular weight is 199 g/mol. The molecular weight excluding hydrogens is 174 g/mol. The summed E-state index contributed by atoms with van der Waals surface area (Å²) in [6, 6.07) is 0.523. The first-order chi connectivity index (χ1) is 6.53.